The van der Waals surface area contributed by atoms with Gasteiger partial charge in [-0.1, -0.05) is 12.1 Å². The van der Waals surface area contributed by atoms with E-state index < -0.39 is 17.4 Å². The van der Waals surface area contributed by atoms with E-state index in [0.717, 1.165) is 0 Å². The molecule has 0 saturated carbocycles. The third kappa shape index (κ3) is 4.99. The van der Waals surface area contributed by atoms with E-state index in [0.29, 0.717) is 5.69 Å². The van der Waals surface area contributed by atoms with E-state index in [1.54, 1.807) is 24.3 Å². The molecule has 0 bridgehead atoms. The summed E-state index contributed by atoms with van der Waals surface area (Å²) in [6.45, 7) is 5.45. The molecule has 0 spiro atoms. The van der Waals surface area contributed by atoms with Crippen molar-refractivity contribution in [1.82, 2.24) is 5.32 Å². The van der Waals surface area contributed by atoms with Crippen LogP contribution in [0.25, 0.3) is 0 Å². The Bertz CT molecular complexity index is 621. The van der Waals surface area contributed by atoms with Crippen molar-refractivity contribution in [3.63, 3.8) is 0 Å². The summed E-state index contributed by atoms with van der Waals surface area (Å²) in [5.74, 6) is -1.08. The number of benzene rings is 1. The van der Waals surface area contributed by atoms with Crippen molar-refractivity contribution >= 4 is 17.5 Å². The van der Waals surface area contributed by atoms with Crippen LogP contribution in [-0.2, 0) is 4.79 Å². The van der Waals surface area contributed by atoms with Crippen molar-refractivity contribution in [2.24, 2.45) is 5.73 Å². The Morgan fingerprint density at radius 2 is 1.90 bits per heavy atom. The molecule has 0 radical (unpaired) electrons. The molecule has 6 nitrogen and oxygen atoms in total. The zero-order valence-electron chi connectivity index (χ0n) is 12.2. The first-order chi connectivity index (χ1) is 9.74. The summed E-state index contributed by atoms with van der Waals surface area (Å²) in [4.78, 5) is 23.2. The number of nitrogens with one attached hydrogen (secondary N) is 2. The molecule has 0 aliphatic heterocycles. The van der Waals surface area contributed by atoms with E-state index in [1.807, 2.05) is 26.8 Å². The van der Waals surface area contributed by atoms with E-state index >= 15 is 0 Å². The molecule has 6 heteroatoms. The zero-order valence-corrected chi connectivity index (χ0v) is 12.2. The van der Waals surface area contributed by atoms with Gasteiger partial charge in [-0.15, -0.1) is 0 Å². The van der Waals surface area contributed by atoms with Crippen LogP contribution in [0.4, 0.5) is 5.69 Å². The van der Waals surface area contributed by atoms with E-state index in [1.165, 1.54) is 6.20 Å². The van der Waals surface area contributed by atoms with Crippen molar-refractivity contribution in [3.8, 4) is 6.07 Å². The van der Waals surface area contributed by atoms with Gasteiger partial charge in [-0.25, -0.2) is 0 Å². The SMILES string of the molecule is CC(C)(C)NC(=O)/C(C#N)=C\Nc1ccccc1C(N)=O. The average molecular weight is 286 g/mol. The van der Waals surface area contributed by atoms with Crippen molar-refractivity contribution < 1.29 is 9.59 Å². The summed E-state index contributed by atoms with van der Waals surface area (Å²) < 4.78 is 0. The molecule has 0 fully saturated rings. The number of carbonyl (C=O) groups excluding carboxylic acids is 2. The highest BCUT2D eigenvalue weighted by Crippen LogP contribution is 2.14. The quantitative estimate of drug-likeness (QED) is 0.576. The van der Waals surface area contributed by atoms with E-state index in [9.17, 15) is 9.59 Å². The molecule has 4 N–H and O–H groups in total. The van der Waals surface area contributed by atoms with Gasteiger partial charge in [0.25, 0.3) is 11.8 Å². The Balaban J connectivity index is 2.95. The fourth-order valence-electron chi connectivity index (χ4n) is 1.53. The Kier molecular flexibility index (Phi) is 5.08. The number of carbonyl (C=O) groups is 2. The lowest BCUT2D eigenvalue weighted by molar-refractivity contribution is -0.118. The van der Waals surface area contributed by atoms with Gasteiger partial charge in [-0.2, -0.15) is 5.26 Å². The molecular weight excluding hydrogens is 268 g/mol. The van der Waals surface area contributed by atoms with Crippen LogP contribution < -0.4 is 16.4 Å². The van der Waals surface area contributed by atoms with Crippen LogP contribution >= 0.6 is 0 Å². The third-order valence-electron chi connectivity index (χ3n) is 2.42. The second-order valence-corrected chi connectivity index (χ2v) is 5.43. The molecular formula is C15H18N4O2. The lowest BCUT2D eigenvalue weighted by atomic mass is 10.1. The molecule has 110 valence electrons. The number of nitrogens with two attached hydrogens (primary N) is 1. The molecule has 0 aliphatic carbocycles. The molecule has 2 amide bonds. The Morgan fingerprint density at radius 3 is 2.43 bits per heavy atom. The topological polar surface area (TPSA) is 108 Å². The first-order valence-electron chi connectivity index (χ1n) is 6.33. The smallest absolute Gasteiger partial charge is 0.263 e. The molecule has 1 aromatic rings. The maximum Gasteiger partial charge on any atom is 0.263 e. The highest BCUT2D eigenvalue weighted by Gasteiger charge is 2.17. The molecule has 0 aliphatic rings. The average Bonchev–Trinajstić information content (AvgIpc) is 2.37. The number of amides is 2. The zero-order chi connectivity index (χ0) is 16.0. The van der Waals surface area contributed by atoms with Crippen LogP contribution in [0, 0.1) is 11.3 Å². The van der Waals surface area contributed by atoms with Crippen molar-refractivity contribution in [3.05, 3.63) is 41.6 Å². The summed E-state index contributed by atoms with van der Waals surface area (Å²) in [6, 6.07) is 8.39. The van der Waals surface area contributed by atoms with E-state index in [2.05, 4.69) is 10.6 Å². The summed E-state index contributed by atoms with van der Waals surface area (Å²) in [5.41, 5.74) is 5.42. The van der Waals surface area contributed by atoms with Crippen molar-refractivity contribution in [1.29, 1.82) is 5.26 Å². The molecule has 0 saturated heterocycles. The molecule has 0 heterocycles. The summed E-state index contributed by atoms with van der Waals surface area (Å²) >= 11 is 0. The Morgan fingerprint density at radius 1 is 1.29 bits per heavy atom. The minimum atomic E-state index is -0.593. The number of hydrogen-bond donors (Lipinski definition) is 3. The second-order valence-electron chi connectivity index (χ2n) is 5.43. The van der Waals surface area contributed by atoms with E-state index in [-0.39, 0.29) is 11.1 Å². The van der Waals surface area contributed by atoms with Gasteiger partial charge in [0.05, 0.1) is 11.3 Å². The number of primary amides is 1. The summed E-state index contributed by atoms with van der Waals surface area (Å²) in [7, 11) is 0. The number of nitriles is 1. The third-order valence-corrected chi connectivity index (χ3v) is 2.42. The predicted molar refractivity (Wildman–Crippen MR) is 80.2 cm³/mol. The number of para-hydroxylation sites is 1. The molecule has 0 aromatic heterocycles. The van der Waals surface area contributed by atoms with Crippen LogP contribution in [-0.4, -0.2) is 17.4 Å². The largest absolute Gasteiger partial charge is 0.366 e. The van der Waals surface area contributed by atoms with Crippen LogP contribution in [0.3, 0.4) is 0 Å². The predicted octanol–water partition coefficient (Wildman–Crippen LogP) is 1.52. The highest BCUT2D eigenvalue weighted by atomic mass is 16.2. The fraction of sp³-hybridized carbons (Fsp3) is 0.267. The van der Waals surface area contributed by atoms with Gasteiger partial charge in [0.2, 0.25) is 0 Å². The second kappa shape index (κ2) is 6.57. The maximum atomic E-state index is 11.9. The van der Waals surface area contributed by atoms with E-state index in [4.69, 9.17) is 11.0 Å². The van der Waals surface area contributed by atoms with Gasteiger partial charge in [-0.3, -0.25) is 9.59 Å². The number of nitrogens with zero attached hydrogens (tertiary/aromatic N) is 1. The lowest BCUT2D eigenvalue weighted by Crippen LogP contribution is -2.41. The lowest BCUT2D eigenvalue weighted by Gasteiger charge is -2.20. The first kappa shape index (κ1) is 16.2. The Hall–Kier alpha value is -2.81. The van der Waals surface area contributed by atoms with Crippen molar-refractivity contribution in [2.45, 2.75) is 26.3 Å². The number of hydrogen-bond acceptors (Lipinski definition) is 4. The molecule has 0 atom stereocenters. The summed E-state index contributed by atoms with van der Waals surface area (Å²) in [5, 5.41) is 14.5. The van der Waals surface area contributed by atoms with Crippen LogP contribution in [0.5, 0.6) is 0 Å². The summed E-state index contributed by atoms with van der Waals surface area (Å²) in [6.07, 6.45) is 1.25. The monoisotopic (exact) mass is 286 g/mol. The fourth-order valence-corrected chi connectivity index (χ4v) is 1.53. The minimum Gasteiger partial charge on any atom is -0.366 e. The Labute approximate surface area is 123 Å². The number of anilines is 1. The van der Waals surface area contributed by atoms with Gasteiger partial charge in [0.1, 0.15) is 11.6 Å². The van der Waals surface area contributed by atoms with Gasteiger partial charge in [-0.05, 0) is 32.9 Å². The van der Waals surface area contributed by atoms with Gasteiger partial charge < -0.3 is 16.4 Å². The first-order valence-corrected chi connectivity index (χ1v) is 6.33. The maximum absolute atomic E-state index is 11.9. The van der Waals surface area contributed by atoms with Crippen molar-refractivity contribution in [2.75, 3.05) is 5.32 Å². The van der Waals surface area contributed by atoms with Gasteiger partial charge in [0.15, 0.2) is 0 Å². The molecule has 1 rings (SSSR count). The standard InChI is InChI=1S/C15H18N4O2/c1-15(2,3)19-14(21)10(8-16)9-18-12-7-5-4-6-11(12)13(17)20/h4-7,9,18H,1-3H3,(H2,17,20)(H,19,21)/b10-9-. The number of rotatable bonds is 4. The van der Waals surface area contributed by atoms with Gasteiger partial charge in [0, 0.05) is 11.7 Å². The molecule has 21 heavy (non-hydrogen) atoms. The molecule has 0 unspecified atom stereocenters. The minimum absolute atomic E-state index is 0.0933. The van der Waals surface area contributed by atoms with Crippen LogP contribution in [0.2, 0.25) is 0 Å². The highest BCUT2D eigenvalue weighted by molar-refractivity contribution is 6.00. The van der Waals surface area contributed by atoms with Crippen LogP contribution in [0.15, 0.2) is 36.0 Å². The molecule has 1 aromatic carbocycles. The normalized spacial score (nSPS) is 11.4. The van der Waals surface area contributed by atoms with Crippen LogP contribution in [0.1, 0.15) is 31.1 Å². The van der Waals surface area contributed by atoms with Gasteiger partial charge >= 0.3 is 0 Å².